The quantitative estimate of drug-likeness (QED) is 0.893. The highest BCUT2D eigenvalue weighted by molar-refractivity contribution is 7.99. The van der Waals surface area contributed by atoms with E-state index in [2.05, 4.69) is 48.7 Å². The third-order valence-electron chi connectivity index (χ3n) is 3.37. The first-order chi connectivity index (χ1) is 8.22. The SMILES string of the molecule is Cc1cc(CCN)ccc1N1CCSCC1C. The standard InChI is InChI=1S/C14H22N2S/c1-11-9-13(5-6-15)3-4-14(11)16-7-8-17-10-12(16)2/h3-4,9,12H,5-8,10,15H2,1-2H3. The Hall–Kier alpha value is -0.670. The molecule has 1 saturated heterocycles. The Morgan fingerprint density at radius 3 is 2.94 bits per heavy atom. The molecule has 1 aromatic rings. The second-order valence-corrected chi connectivity index (χ2v) is 5.93. The van der Waals surface area contributed by atoms with Gasteiger partial charge in [-0.3, -0.25) is 0 Å². The van der Waals surface area contributed by atoms with Crippen LogP contribution < -0.4 is 10.6 Å². The number of hydrogen-bond acceptors (Lipinski definition) is 3. The molecule has 0 saturated carbocycles. The van der Waals surface area contributed by atoms with Crippen LogP contribution in [0.2, 0.25) is 0 Å². The van der Waals surface area contributed by atoms with Crippen molar-refractivity contribution in [3.05, 3.63) is 29.3 Å². The number of thioether (sulfide) groups is 1. The van der Waals surface area contributed by atoms with E-state index in [1.165, 1.54) is 34.9 Å². The van der Waals surface area contributed by atoms with Crippen LogP contribution in [0.1, 0.15) is 18.1 Å². The number of nitrogens with two attached hydrogens (primary N) is 1. The Morgan fingerprint density at radius 1 is 1.47 bits per heavy atom. The van der Waals surface area contributed by atoms with Crippen molar-refractivity contribution in [1.82, 2.24) is 0 Å². The second-order valence-electron chi connectivity index (χ2n) is 4.78. The lowest BCUT2D eigenvalue weighted by Crippen LogP contribution is -2.40. The highest BCUT2D eigenvalue weighted by Crippen LogP contribution is 2.27. The predicted octanol–water partition coefficient (Wildman–Crippen LogP) is 2.44. The van der Waals surface area contributed by atoms with Gasteiger partial charge in [-0.05, 0) is 44.0 Å². The van der Waals surface area contributed by atoms with E-state index in [1.54, 1.807) is 0 Å². The van der Waals surface area contributed by atoms with E-state index in [4.69, 9.17) is 5.73 Å². The van der Waals surface area contributed by atoms with Gasteiger partial charge in [0.1, 0.15) is 0 Å². The molecular weight excluding hydrogens is 228 g/mol. The van der Waals surface area contributed by atoms with Crippen LogP contribution in [0.25, 0.3) is 0 Å². The van der Waals surface area contributed by atoms with Crippen molar-refractivity contribution in [2.24, 2.45) is 5.73 Å². The highest BCUT2D eigenvalue weighted by atomic mass is 32.2. The van der Waals surface area contributed by atoms with Gasteiger partial charge in [0, 0.05) is 29.8 Å². The van der Waals surface area contributed by atoms with E-state index in [1.807, 2.05) is 0 Å². The van der Waals surface area contributed by atoms with Gasteiger partial charge < -0.3 is 10.6 Å². The summed E-state index contributed by atoms with van der Waals surface area (Å²) >= 11 is 2.06. The van der Waals surface area contributed by atoms with Gasteiger partial charge in [0.25, 0.3) is 0 Å². The lowest BCUT2D eigenvalue weighted by molar-refractivity contribution is 0.697. The molecule has 1 aliphatic heterocycles. The predicted molar refractivity (Wildman–Crippen MR) is 78.1 cm³/mol. The minimum absolute atomic E-state index is 0.646. The van der Waals surface area contributed by atoms with Crippen LogP contribution in [0.3, 0.4) is 0 Å². The summed E-state index contributed by atoms with van der Waals surface area (Å²) in [5.41, 5.74) is 9.74. The summed E-state index contributed by atoms with van der Waals surface area (Å²) < 4.78 is 0. The van der Waals surface area contributed by atoms with Crippen molar-refractivity contribution in [3.63, 3.8) is 0 Å². The average molecular weight is 250 g/mol. The first-order valence-corrected chi connectivity index (χ1v) is 7.52. The number of benzene rings is 1. The molecule has 94 valence electrons. The van der Waals surface area contributed by atoms with Gasteiger partial charge in [0.15, 0.2) is 0 Å². The Kier molecular flexibility index (Phi) is 4.35. The van der Waals surface area contributed by atoms with Crippen molar-refractivity contribution in [3.8, 4) is 0 Å². The third-order valence-corrected chi connectivity index (χ3v) is 4.56. The topological polar surface area (TPSA) is 29.3 Å². The summed E-state index contributed by atoms with van der Waals surface area (Å²) in [7, 11) is 0. The molecule has 0 bridgehead atoms. The van der Waals surface area contributed by atoms with Gasteiger partial charge in [0.2, 0.25) is 0 Å². The van der Waals surface area contributed by atoms with Crippen molar-refractivity contribution in [2.75, 3.05) is 29.5 Å². The molecule has 1 heterocycles. The summed E-state index contributed by atoms with van der Waals surface area (Å²) in [6.07, 6.45) is 0.979. The Balaban J connectivity index is 2.20. The van der Waals surface area contributed by atoms with Gasteiger partial charge in [0.05, 0.1) is 0 Å². The lowest BCUT2D eigenvalue weighted by atomic mass is 10.1. The maximum atomic E-state index is 5.60. The lowest BCUT2D eigenvalue weighted by Gasteiger charge is -2.36. The Labute approximate surface area is 109 Å². The molecule has 0 aliphatic carbocycles. The molecule has 0 aromatic heterocycles. The fraction of sp³-hybridized carbons (Fsp3) is 0.571. The number of aryl methyl sites for hydroxylation is 1. The fourth-order valence-electron chi connectivity index (χ4n) is 2.45. The molecule has 1 aliphatic rings. The maximum absolute atomic E-state index is 5.60. The molecule has 0 spiro atoms. The molecule has 0 radical (unpaired) electrons. The number of rotatable bonds is 3. The monoisotopic (exact) mass is 250 g/mol. The zero-order valence-corrected chi connectivity index (χ0v) is 11.6. The third kappa shape index (κ3) is 2.96. The first kappa shape index (κ1) is 12.8. The summed E-state index contributed by atoms with van der Waals surface area (Å²) in [5.74, 6) is 2.48. The molecule has 2 rings (SSSR count). The molecule has 17 heavy (non-hydrogen) atoms. The molecule has 1 unspecified atom stereocenters. The largest absolute Gasteiger partial charge is 0.367 e. The molecular formula is C14H22N2S. The molecule has 3 heteroatoms. The van der Waals surface area contributed by atoms with Crippen LogP contribution in [-0.4, -0.2) is 30.6 Å². The number of nitrogens with zero attached hydrogens (tertiary/aromatic N) is 1. The molecule has 0 amide bonds. The van der Waals surface area contributed by atoms with E-state index in [0.29, 0.717) is 6.04 Å². The smallest absolute Gasteiger partial charge is 0.0399 e. The van der Waals surface area contributed by atoms with E-state index in [-0.39, 0.29) is 0 Å². The minimum Gasteiger partial charge on any atom is -0.367 e. The van der Waals surface area contributed by atoms with Gasteiger partial charge in [-0.15, -0.1) is 0 Å². The molecule has 1 atom stereocenters. The van der Waals surface area contributed by atoms with E-state index in [0.717, 1.165) is 13.0 Å². The first-order valence-electron chi connectivity index (χ1n) is 6.36. The van der Waals surface area contributed by atoms with Gasteiger partial charge in [-0.1, -0.05) is 12.1 Å². The summed E-state index contributed by atoms with van der Waals surface area (Å²) in [4.78, 5) is 2.54. The summed E-state index contributed by atoms with van der Waals surface area (Å²) in [6.45, 7) is 6.43. The summed E-state index contributed by atoms with van der Waals surface area (Å²) in [6, 6.07) is 7.43. The average Bonchev–Trinajstić information content (AvgIpc) is 2.31. The molecule has 2 N–H and O–H groups in total. The van der Waals surface area contributed by atoms with Gasteiger partial charge in [-0.2, -0.15) is 11.8 Å². The number of anilines is 1. The molecule has 1 aromatic carbocycles. The summed E-state index contributed by atoms with van der Waals surface area (Å²) in [5, 5.41) is 0. The number of hydrogen-bond donors (Lipinski definition) is 1. The van der Waals surface area contributed by atoms with E-state index in [9.17, 15) is 0 Å². The van der Waals surface area contributed by atoms with Crippen LogP contribution in [-0.2, 0) is 6.42 Å². The van der Waals surface area contributed by atoms with Crippen molar-refractivity contribution >= 4 is 17.4 Å². The normalized spacial score (nSPS) is 20.6. The minimum atomic E-state index is 0.646. The zero-order chi connectivity index (χ0) is 12.3. The second kappa shape index (κ2) is 5.78. The molecule has 2 nitrogen and oxygen atoms in total. The van der Waals surface area contributed by atoms with Crippen LogP contribution >= 0.6 is 11.8 Å². The van der Waals surface area contributed by atoms with Gasteiger partial charge in [-0.25, -0.2) is 0 Å². The van der Waals surface area contributed by atoms with Crippen molar-refractivity contribution in [1.29, 1.82) is 0 Å². The van der Waals surface area contributed by atoms with Gasteiger partial charge >= 0.3 is 0 Å². The zero-order valence-electron chi connectivity index (χ0n) is 10.8. The van der Waals surface area contributed by atoms with Crippen LogP contribution in [0.5, 0.6) is 0 Å². The van der Waals surface area contributed by atoms with Crippen molar-refractivity contribution < 1.29 is 0 Å². The fourth-order valence-corrected chi connectivity index (χ4v) is 3.46. The van der Waals surface area contributed by atoms with Crippen LogP contribution in [0.15, 0.2) is 18.2 Å². The van der Waals surface area contributed by atoms with E-state index >= 15 is 0 Å². The van der Waals surface area contributed by atoms with Crippen molar-refractivity contribution in [2.45, 2.75) is 26.3 Å². The van der Waals surface area contributed by atoms with Crippen LogP contribution in [0, 0.1) is 6.92 Å². The van der Waals surface area contributed by atoms with E-state index < -0.39 is 0 Å². The maximum Gasteiger partial charge on any atom is 0.0399 e. The highest BCUT2D eigenvalue weighted by Gasteiger charge is 2.20. The molecule has 1 fully saturated rings. The Morgan fingerprint density at radius 2 is 2.29 bits per heavy atom. The Bertz CT molecular complexity index is 378. The van der Waals surface area contributed by atoms with Crippen LogP contribution in [0.4, 0.5) is 5.69 Å².